The largest absolute Gasteiger partial charge is 0.457 e. The van der Waals surface area contributed by atoms with Gasteiger partial charge in [-0.3, -0.25) is 4.79 Å². The fourth-order valence-corrected chi connectivity index (χ4v) is 4.27. The molecule has 5 rings (SSSR count). The van der Waals surface area contributed by atoms with Crippen LogP contribution in [0, 0.1) is 0 Å². The van der Waals surface area contributed by atoms with Gasteiger partial charge in [0.15, 0.2) is 5.16 Å². The van der Waals surface area contributed by atoms with Crippen LogP contribution in [0.1, 0.15) is 30.1 Å². The Morgan fingerprint density at radius 2 is 1.58 bits per heavy atom. The third-order valence-corrected chi connectivity index (χ3v) is 6.29. The van der Waals surface area contributed by atoms with Crippen LogP contribution in [0.5, 0.6) is 11.5 Å². The molecule has 0 bridgehead atoms. The molecule has 0 saturated heterocycles. The first-order valence-electron chi connectivity index (χ1n) is 11.0. The number of hydrogen-bond acceptors (Lipinski definition) is 5. The third-order valence-electron chi connectivity index (χ3n) is 5.32. The molecule has 0 unspecified atom stereocenters. The van der Waals surface area contributed by atoms with Crippen molar-refractivity contribution in [2.75, 3.05) is 11.1 Å². The number of carbonyl (C=O) groups is 1. The summed E-state index contributed by atoms with van der Waals surface area (Å²) in [5.74, 6) is 3.18. The smallest absolute Gasteiger partial charge is 0.234 e. The Morgan fingerprint density at radius 1 is 0.909 bits per heavy atom. The summed E-state index contributed by atoms with van der Waals surface area (Å²) in [5, 5.41) is 12.5. The minimum absolute atomic E-state index is 0.0843. The van der Waals surface area contributed by atoms with Crippen molar-refractivity contribution < 1.29 is 9.53 Å². The van der Waals surface area contributed by atoms with Crippen molar-refractivity contribution >= 4 is 23.4 Å². The molecule has 1 saturated carbocycles. The van der Waals surface area contributed by atoms with E-state index in [4.69, 9.17) is 4.74 Å². The highest BCUT2D eigenvalue weighted by atomic mass is 32.2. The predicted octanol–water partition coefficient (Wildman–Crippen LogP) is 5.73. The van der Waals surface area contributed by atoms with Crippen LogP contribution in [0.25, 0.3) is 0 Å². The Morgan fingerprint density at radius 3 is 2.27 bits per heavy atom. The quantitative estimate of drug-likeness (QED) is 0.326. The average molecular weight is 457 g/mol. The SMILES string of the molecule is O=C(CSc1nnc(C2CC2)n1Cc1ccccc1)Nc1ccc(Oc2ccccc2)cc1. The zero-order chi connectivity index (χ0) is 22.5. The molecule has 6 nitrogen and oxygen atoms in total. The van der Waals surface area contributed by atoms with Gasteiger partial charge >= 0.3 is 0 Å². The first-order valence-corrected chi connectivity index (χ1v) is 12.0. The molecule has 1 amide bonds. The van der Waals surface area contributed by atoms with Gasteiger partial charge in [-0.2, -0.15) is 0 Å². The lowest BCUT2D eigenvalue weighted by atomic mass is 10.2. The lowest BCUT2D eigenvalue weighted by Crippen LogP contribution is -2.15. The van der Waals surface area contributed by atoms with Gasteiger partial charge in [-0.25, -0.2) is 0 Å². The molecule has 0 radical (unpaired) electrons. The molecule has 1 aliphatic rings. The molecule has 4 aromatic rings. The number of benzene rings is 3. The molecule has 33 heavy (non-hydrogen) atoms. The van der Waals surface area contributed by atoms with Crippen molar-refractivity contribution in [3.05, 3.63) is 96.3 Å². The maximum Gasteiger partial charge on any atom is 0.234 e. The number of thioether (sulfide) groups is 1. The summed E-state index contributed by atoms with van der Waals surface area (Å²) in [4.78, 5) is 12.6. The summed E-state index contributed by atoms with van der Waals surface area (Å²) in [6.45, 7) is 0.715. The number of carbonyl (C=O) groups excluding carboxylic acids is 1. The van der Waals surface area contributed by atoms with Gasteiger partial charge in [-0.05, 0) is 54.8 Å². The van der Waals surface area contributed by atoms with E-state index in [-0.39, 0.29) is 11.7 Å². The van der Waals surface area contributed by atoms with Crippen molar-refractivity contribution in [1.29, 1.82) is 0 Å². The fourth-order valence-electron chi connectivity index (χ4n) is 3.52. The Kier molecular flexibility index (Phi) is 6.39. The number of nitrogens with one attached hydrogen (secondary N) is 1. The van der Waals surface area contributed by atoms with Crippen molar-refractivity contribution in [3.8, 4) is 11.5 Å². The molecule has 1 aromatic heterocycles. The highest BCUT2D eigenvalue weighted by molar-refractivity contribution is 7.99. The van der Waals surface area contributed by atoms with Gasteiger partial charge in [0.1, 0.15) is 17.3 Å². The number of anilines is 1. The maximum absolute atomic E-state index is 12.6. The predicted molar refractivity (Wildman–Crippen MR) is 130 cm³/mol. The van der Waals surface area contributed by atoms with E-state index in [9.17, 15) is 4.79 Å². The maximum atomic E-state index is 12.6. The van der Waals surface area contributed by atoms with E-state index in [1.807, 2.05) is 72.8 Å². The lowest BCUT2D eigenvalue weighted by molar-refractivity contribution is -0.113. The van der Waals surface area contributed by atoms with Crippen molar-refractivity contribution in [2.24, 2.45) is 0 Å². The zero-order valence-corrected chi connectivity index (χ0v) is 18.9. The van der Waals surface area contributed by atoms with Gasteiger partial charge in [-0.15, -0.1) is 10.2 Å². The van der Waals surface area contributed by atoms with Crippen LogP contribution in [0.2, 0.25) is 0 Å². The van der Waals surface area contributed by atoms with Gasteiger partial charge in [0.05, 0.1) is 12.3 Å². The van der Waals surface area contributed by atoms with Crippen molar-refractivity contribution in [2.45, 2.75) is 30.5 Å². The second kappa shape index (κ2) is 9.92. The zero-order valence-electron chi connectivity index (χ0n) is 18.1. The highest BCUT2D eigenvalue weighted by Crippen LogP contribution is 2.40. The van der Waals surface area contributed by atoms with E-state index in [1.54, 1.807) is 0 Å². The van der Waals surface area contributed by atoms with Gasteiger partial charge in [0.2, 0.25) is 5.91 Å². The molecule has 1 aliphatic carbocycles. The molecule has 1 fully saturated rings. The van der Waals surface area contributed by atoms with Crippen LogP contribution >= 0.6 is 11.8 Å². The Bertz CT molecular complexity index is 1210. The molecule has 0 aliphatic heterocycles. The summed E-state index contributed by atoms with van der Waals surface area (Å²) in [6, 6.07) is 27.2. The highest BCUT2D eigenvalue weighted by Gasteiger charge is 2.30. The summed E-state index contributed by atoms with van der Waals surface area (Å²) in [5.41, 5.74) is 1.92. The van der Waals surface area contributed by atoms with E-state index < -0.39 is 0 Å². The number of hydrogen-bond donors (Lipinski definition) is 1. The van der Waals surface area contributed by atoms with Crippen LogP contribution in [0.4, 0.5) is 5.69 Å². The molecule has 1 heterocycles. The van der Waals surface area contributed by atoms with E-state index >= 15 is 0 Å². The van der Waals surface area contributed by atoms with Crippen LogP contribution < -0.4 is 10.1 Å². The Hall–Kier alpha value is -3.58. The normalized spacial score (nSPS) is 13.0. The van der Waals surface area contributed by atoms with Crippen LogP contribution in [-0.2, 0) is 11.3 Å². The van der Waals surface area contributed by atoms with Gasteiger partial charge in [0, 0.05) is 11.6 Å². The number of amides is 1. The summed E-state index contributed by atoms with van der Waals surface area (Å²) in [6.07, 6.45) is 2.31. The molecule has 1 N–H and O–H groups in total. The van der Waals surface area contributed by atoms with E-state index in [0.29, 0.717) is 12.5 Å². The number of ether oxygens (including phenoxy) is 1. The van der Waals surface area contributed by atoms with Gasteiger partial charge < -0.3 is 14.6 Å². The van der Waals surface area contributed by atoms with Crippen LogP contribution in [0.15, 0.2) is 90.1 Å². The Balaban J connectivity index is 1.19. The number of rotatable bonds is 9. The van der Waals surface area contributed by atoms with Crippen LogP contribution in [0.3, 0.4) is 0 Å². The minimum atomic E-state index is -0.0843. The molecule has 0 spiro atoms. The number of nitrogens with zero attached hydrogens (tertiary/aromatic N) is 3. The van der Waals surface area contributed by atoms with E-state index in [2.05, 4.69) is 32.2 Å². The molecular weight excluding hydrogens is 432 g/mol. The molecule has 166 valence electrons. The first kappa shape index (κ1) is 21.3. The van der Waals surface area contributed by atoms with Gasteiger partial charge in [-0.1, -0.05) is 60.3 Å². The monoisotopic (exact) mass is 456 g/mol. The molecular formula is C26H24N4O2S. The van der Waals surface area contributed by atoms with Crippen molar-refractivity contribution in [1.82, 2.24) is 14.8 Å². The standard InChI is InChI=1S/C26H24N4O2S/c31-24(27-21-13-15-23(16-14-21)32-22-9-5-2-6-10-22)18-33-26-29-28-25(20-11-12-20)30(26)17-19-7-3-1-4-8-19/h1-10,13-16,20H,11-12,17-18H2,(H,27,31). The van der Waals surface area contributed by atoms with Crippen LogP contribution in [-0.4, -0.2) is 26.4 Å². The second-order valence-corrected chi connectivity index (χ2v) is 8.91. The first-order chi connectivity index (χ1) is 16.2. The summed E-state index contributed by atoms with van der Waals surface area (Å²) >= 11 is 1.42. The minimum Gasteiger partial charge on any atom is -0.457 e. The lowest BCUT2D eigenvalue weighted by Gasteiger charge is -2.10. The van der Waals surface area contributed by atoms with Crippen molar-refractivity contribution in [3.63, 3.8) is 0 Å². The summed E-state index contributed by atoms with van der Waals surface area (Å²) in [7, 11) is 0. The van der Waals surface area contributed by atoms with Gasteiger partial charge in [0.25, 0.3) is 0 Å². The Labute approximate surface area is 197 Å². The number of para-hydroxylation sites is 1. The third kappa shape index (κ3) is 5.62. The van der Waals surface area contributed by atoms with E-state index in [1.165, 1.54) is 17.3 Å². The second-order valence-electron chi connectivity index (χ2n) is 7.96. The molecule has 3 aromatic carbocycles. The molecule has 7 heteroatoms. The fraction of sp³-hybridized carbons (Fsp3) is 0.192. The number of aromatic nitrogens is 3. The van der Waals surface area contributed by atoms with E-state index in [0.717, 1.165) is 41.0 Å². The average Bonchev–Trinajstić information content (AvgIpc) is 3.62. The molecule has 0 atom stereocenters. The topological polar surface area (TPSA) is 69.0 Å². The summed E-state index contributed by atoms with van der Waals surface area (Å²) < 4.78 is 7.95.